The molecule has 3 aliphatic rings. The van der Waals surface area contributed by atoms with Crippen molar-refractivity contribution in [3.05, 3.63) is 54.1 Å². The lowest BCUT2D eigenvalue weighted by atomic mass is 9.89. The summed E-state index contributed by atoms with van der Waals surface area (Å²) in [6.45, 7) is 6.41. The summed E-state index contributed by atoms with van der Waals surface area (Å²) >= 11 is 0. The van der Waals surface area contributed by atoms with Gasteiger partial charge in [0.2, 0.25) is 11.8 Å². The fourth-order valence-corrected chi connectivity index (χ4v) is 5.55. The topological polar surface area (TPSA) is 123 Å². The van der Waals surface area contributed by atoms with E-state index in [9.17, 15) is 14.4 Å². The standard InChI is InChI=1S/C24H34N4O5.C9H12O/c1-24(2)23(31)27(9-4-10-32-3)19-12-18(7-8-20(19)33-24)28(17-5-6-17)22(30)16-11-15(21(25)29)13-26-14-16;1-10-8-7-9-5-3-2-4-6-9/h7-8,12,15-17,26H,4-6,9-11,13-14H2,1-3H3,(H2,25,29);2-6H,7-8H2,1H3. The number of anilines is 2. The lowest BCUT2D eigenvalue weighted by Gasteiger charge is -2.39. The van der Waals surface area contributed by atoms with E-state index in [1.54, 1.807) is 33.0 Å². The molecule has 5 rings (SSSR count). The van der Waals surface area contributed by atoms with Crippen LogP contribution < -0.4 is 25.6 Å². The van der Waals surface area contributed by atoms with Crippen LogP contribution in [0.1, 0.15) is 45.1 Å². The molecule has 1 aliphatic carbocycles. The molecule has 2 aromatic carbocycles. The van der Waals surface area contributed by atoms with E-state index in [1.165, 1.54) is 5.56 Å². The minimum Gasteiger partial charge on any atom is -0.476 e. The monoisotopic (exact) mass is 594 g/mol. The number of nitrogens with one attached hydrogen (secondary N) is 1. The molecule has 10 heteroatoms. The maximum Gasteiger partial charge on any atom is 0.270 e. The van der Waals surface area contributed by atoms with E-state index in [0.717, 1.165) is 31.6 Å². The second kappa shape index (κ2) is 14.8. The second-order valence-electron chi connectivity index (χ2n) is 11.9. The number of piperidine rings is 1. The summed E-state index contributed by atoms with van der Waals surface area (Å²) in [5.74, 6) is -0.545. The predicted molar refractivity (Wildman–Crippen MR) is 166 cm³/mol. The van der Waals surface area contributed by atoms with Crippen molar-refractivity contribution in [3.63, 3.8) is 0 Å². The summed E-state index contributed by atoms with van der Waals surface area (Å²) in [4.78, 5) is 42.0. The Morgan fingerprint density at radius 1 is 1.05 bits per heavy atom. The summed E-state index contributed by atoms with van der Waals surface area (Å²) in [6, 6.07) is 16.1. The third-order valence-electron chi connectivity index (χ3n) is 8.06. The van der Waals surface area contributed by atoms with Crippen LogP contribution in [0.4, 0.5) is 11.4 Å². The minimum absolute atomic E-state index is 0.00906. The molecule has 0 spiro atoms. The second-order valence-corrected chi connectivity index (χ2v) is 11.9. The van der Waals surface area contributed by atoms with Crippen molar-refractivity contribution in [1.29, 1.82) is 0 Å². The van der Waals surface area contributed by atoms with E-state index in [1.807, 2.05) is 41.3 Å². The van der Waals surface area contributed by atoms with Gasteiger partial charge in [0.05, 0.1) is 24.1 Å². The minimum atomic E-state index is -0.967. The number of rotatable bonds is 11. The van der Waals surface area contributed by atoms with Gasteiger partial charge in [0.15, 0.2) is 5.60 Å². The number of methoxy groups -OCH3 is 2. The molecule has 1 saturated heterocycles. The van der Waals surface area contributed by atoms with Crippen molar-refractivity contribution in [1.82, 2.24) is 5.32 Å². The number of hydrogen-bond acceptors (Lipinski definition) is 7. The molecule has 2 fully saturated rings. The molecule has 3 N–H and O–H groups in total. The van der Waals surface area contributed by atoms with Gasteiger partial charge >= 0.3 is 0 Å². The molecule has 2 aliphatic heterocycles. The van der Waals surface area contributed by atoms with E-state index in [2.05, 4.69) is 17.4 Å². The highest BCUT2D eigenvalue weighted by molar-refractivity contribution is 6.04. The van der Waals surface area contributed by atoms with Gasteiger partial charge in [-0.15, -0.1) is 0 Å². The van der Waals surface area contributed by atoms with Gasteiger partial charge in [-0.25, -0.2) is 0 Å². The Morgan fingerprint density at radius 2 is 1.74 bits per heavy atom. The summed E-state index contributed by atoms with van der Waals surface area (Å²) in [7, 11) is 3.36. The maximum atomic E-state index is 13.6. The number of amides is 3. The van der Waals surface area contributed by atoms with E-state index in [0.29, 0.717) is 50.5 Å². The van der Waals surface area contributed by atoms with Gasteiger partial charge in [-0.2, -0.15) is 0 Å². The van der Waals surface area contributed by atoms with Gasteiger partial charge < -0.3 is 35.1 Å². The molecule has 2 atom stereocenters. The average Bonchev–Trinajstić information content (AvgIpc) is 3.84. The molecule has 2 heterocycles. The molecule has 2 aromatic rings. The smallest absolute Gasteiger partial charge is 0.270 e. The number of nitrogens with zero attached hydrogens (tertiary/aromatic N) is 2. The highest BCUT2D eigenvalue weighted by Gasteiger charge is 2.43. The van der Waals surface area contributed by atoms with Gasteiger partial charge in [-0.1, -0.05) is 30.3 Å². The van der Waals surface area contributed by atoms with E-state index >= 15 is 0 Å². The number of carbonyl (C=O) groups is 3. The fraction of sp³-hybridized carbons (Fsp3) is 0.545. The van der Waals surface area contributed by atoms with Crippen molar-refractivity contribution in [2.75, 3.05) is 56.9 Å². The third-order valence-corrected chi connectivity index (χ3v) is 8.06. The first-order valence-electron chi connectivity index (χ1n) is 15.2. The first-order chi connectivity index (χ1) is 20.7. The zero-order valence-electron chi connectivity index (χ0n) is 25.8. The van der Waals surface area contributed by atoms with Crippen molar-refractivity contribution in [3.8, 4) is 5.75 Å². The molecular formula is C33H46N4O6. The molecule has 0 bridgehead atoms. The van der Waals surface area contributed by atoms with Crippen LogP contribution in [-0.2, 0) is 30.3 Å². The van der Waals surface area contributed by atoms with Crippen LogP contribution in [0.25, 0.3) is 0 Å². The fourth-order valence-electron chi connectivity index (χ4n) is 5.55. The Kier molecular flexibility index (Phi) is 11.2. The Morgan fingerprint density at radius 3 is 2.40 bits per heavy atom. The van der Waals surface area contributed by atoms with Gasteiger partial charge in [0.1, 0.15) is 5.75 Å². The van der Waals surface area contributed by atoms with Crippen molar-refractivity contribution in [2.45, 2.75) is 57.6 Å². The van der Waals surface area contributed by atoms with Crippen LogP contribution in [0, 0.1) is 11.8 Å². The Hall–Kier alpha value is -3.47. The number of benzene rings is 2. The van der Waals surface area contributed by atoms with Gasteiger partial charge in [0.25, 0.3) is 5.91 Å². The van der Waals surface area contributed by atoms with E-state index in [4.69, 9.17) is 19.9 Å². The van der Waals surface area contributed by atoms with Gasteiger partial charge in [-0.3, -0.25) is 14.4 Å². The van der Waals surface area contributed by atoms with Crippen LogP contribution in [0.2, 0.25) is 0 Å². The first-order valence-corrected chi connectivity index (χ1v) is 15.2. The normalized spacial score (nSPS) is 20.7. The summed E-state index contributed by atoms with van der Waals surface area (Å²) in [6.07, 6.45) is 4.02. The average molecular weight is 595 g/mol. The zero-order chi connectivity index (χ0) is 31.0. The van der Waals surface area contributed by atoms with E-state index < -0.39 is 5.60 Å². The lowest BCUT2D eigenvalue weighted by Crippen LogP contribution is -2.53. The third kappa shape index (κ3) is 8.34. The highest BCUT2D eigenvalue weighted by atomic mass is 16.5. The molecular weight excluding hydrogens is 548 g/mol. The number of hydrogen-bond donors (Lipinski definition) is 2. The van der Waals surface area contributed by atoms with Crippen LogP contribution in [0.15, 0.2) is 48.5 Å². The largest absolute Gasteiger partial charge is 0.476 e. The molecule has 0 aromatic heterocycles. The van der Waals surface area contributed by atoms with Crippen LogP contribution in [0.3, 0.4) is 0 Å². The van der Waals surface area contributed by atoms with Gasteiger partial charge in [-0.05, 0) is 69.7 Å². The summed E-state index contributed by atoms with van der Waals surface area (Å²) in [5.41, 5.74) is 7.29. The summed E-state index contributed by atoms with van der Waals surface area (Å²) in [5, 5.41) is 3.18. The highest BCUT2D eigenvalue weighted by Crippen LogP contribution is 2.43. The molecule has 3 amide bonds. The molecule has 0 radical (unpaired) electrons. The molecule has 1 saturated carbocycles. The van der Waals surface area contributed by atoms with Gasteiger partial charge in [0, 0.05) is 52.2 Å². The zero-order valence-corrected chi connectivity index (χ0v) is 25.8. The van der Waals surface area contributed by atoms with E-state index in [-0.39, 0.29) is 35.6 Å². The number of ether oxygens (including phenoxy) is 3. The van der Waals surface area contributed by atoms with Crippen molar-refractivity contribution in [2.24, 2.45) is 17.6 Å². The first kappa shape index (κ1) is 32.4. The Balaban J connectivity index is 0.000000359. The SMILES string of the molecule is COCCCN1C(=O)C(C)(C)Oc2ccc(N(C(=O)C3CNCC(C(N)=O)C3)C3CC3)cc21.COCCc1ccccc1. The molecule has 43 heavy (non-hydrogen) atoms. The maximum absolute atomic E-state index is 13.6. The van der Waals surface area contributed by atoms with Crippen LogP contribution in [-0.4, -0.2) is 76.4 Å². The molecule has 2 unspecified atom stereocenters. The number of primary amides is 1. The van der Waals surface area contributed by atoms with Crippen molar-refractivity contribution >= 4 is 29.1 Å². The number of carbonyl (C=O) groups excluding carboxylic acids is 3. The van der Waals surface area contributed by atoms with Crippen LogP contribution >= 0.6 is 0 Å². The summed E-state index contributed by atoms with van der Waals surface area (Å²) < 4.78 is 16.1. The Labute approximate surface area is 254 Å². The number of nitrogens with two attached hydrogens (primary N) is 1. The number of fused-ring (bicyclic) bond motifs is 1. The van der Waals surface area contributed by atoms with Crippen molar-refractivity contribution < 1.29 is 28.6 Å². The predicted octanol–water partition coefficient (Wildman–Crippen LogP) is 3.31. The molecule has 234 valence electrons. The quantitative estimate of drug-likeness (QED) is 0.383. The Bertz CT molecular complexity index is 1250. The molecule has 10 nitrogen and oxygen atoms in total. The van der Waals surface area contributed by atoms with Crippen LogP contribution in [0.5, 0.6) is 5.75 Å². The lowest BCUT2D eigenvalue weighted by molar-refractivity contribution is -0.132.